The predicted octanol–water partition coefficient (Wildman–Crippen LogP) is 1.48. The molecule has 0 saturated carbocycles. The number of amides is 1. The smallest absolute Gasteiger partial charge is 0.246 e. The van der Waals surface area contributed by atoms with Gasteiger partial charge in [-0.05, 0) is 19.1 Å². The second-order valence-corrected chi connectivity index (χ2v) is 3.61. The lowest BCUT2D eigenvalue weighted by Crippen LogP contribution is -2.41. The number of carbonyl (C=O) groups is 1. The van der Waals surface area contributed by atoms with Crippen LogP contribution in [-0.2, 0) is 9.53 Å². The standard InChI is InChI=1S/C12H16N2O2/c1-2-16-8-7-14-11-6-4-3-5-10(11)13-9-12(14)15/h3-6,13H,2,7-9H2,1H3. The van der Waals surface area contributed by atoms with Crippen LogP contribution in [-0.4, -0.2) is 32.2 Å². The number of hydrogen-bond acceptors (Lipinski definition) is 3. The molecule has 0 atom stereocenters. The molecule has 0 saturated heterocycles. The summed E-state index contributed by atoms with van der Waals surface area (Å²) in [6.45, 7) is 4.19. The molecule has 0 bridgehead atoms. The number of nitrogens with zero attached hydrogens (tertiary/aromatic N) is 1. The molecule has 4 nitrogen and oxygen atoms in total. The van der Waals surface area contributed by atoms with Crippen LogP contribution in [0.25, 0.3) is 0 Å². The molecule has 1 N–H and O–H groups in total. The Hall–Kier alpha value is -1.55. The van der Waals surface area contributed by atoms with Gasteiger partial charge in [-0.1, -0.05) is 12.1 Å². The van der Waals surface area contributed by atoms with E-state index >= 15 is 0 Å². The minimum atomic E-state index is 0.0957. The van der Waals surface area contributed by atoms with E-state index in [0.29, 0.717) is 26.3 Å². The van der Waals surface area contributed by atoms with Crippen LogP contribution in [0.2, 0.25) is 0 Å². The molecule has 4 heteroatoms. The monoisotopic (exact) mass is 220 g/mol. The fourth-order valence-electron chi connectivity index (χ4n) is 1.80. The Labute approximate surface area is 95.2 Å². The summed E-state index contributed by atoms with van der Waals surface area (Å²) >= 11 is 0. The normalized spacial score (nSPS) is 14.6. The van der Waals surface area contributed by atoms with E-state index in [9.17, 15) is 4.79 Å². The van der Waals surface area contributed by atoms with Crippen molar-refractivity contribution in [2.45, 2.75) is 6.92 Å². The number of anilines is 2. The summed E-state index contributed by atoms with van der Waals surface area (Å²) in [6, 6.07) is 7.83. The minimum Gasteiger partial charge on any atom is -0.380 e. The van der Waals surface area contributed by atoms with E-state index in [1.54, 1.807) is 4.90 Å². The molecule has 1 aromatic carbocycles. The third kappa shape index (κ3) is 2.17. The fourth-order valence-corrected chi connectivity index (χ4v) is 1.80. The maximum Gasteiger partial charge on any atom is 0.246 e. The van der Waals surface area contributed by atoms with Crippen molar-refractivity contribution in [2.24, 2.45) is 0 Å². The van der Waals surface area contributed by atoms with Crippen molar-refractivity contribution in [1.82, 2.24) is 0 Å². The van der Waals surface area contributed by atoms with Gasteiger partial charge in [-0.3, -0.25) is 4.79 Å². The number of hydrogen-bond donors (Lipinski definition) is 1. The van der Waals surface area contributed by atoms with Crippen LogP contribution < -0.4 is 10.2 Å². The van der Waals surface area contributed by atoms with E-state index in [0.717, 1.165) is 11.4 Å². The summed E-state index contributed by atoms with van der Waals surface area (Å²) < 4.78 is 5.29. The van der Waals surface area contributed by atoms with E-state index < -0.39 is 0 Å². The van der Waals surface area contributed by atoms with Crippen LogP contribution in [0, 0.1) is 0 Å². The zero-order valence-electron chi connectivity index (χ0n) is 9.40. The highest BCUT2D eigenvalue weighted by Crippen LogP contribution is 2.28. The Morgan fingerprint density at radius 2 is 2.25 bits per heavy atom. The molecule has 2 rings (SSSR count). The zero-order valence-corrected chi connectivity index (χ0v) is 9.40. The number of benzene rings is 1. The summed E-state index contributed by atoms with van der Waals surface area (Å²) in [7, 11) is 0. The first-order valence-corrected chi connectivity index (χ1v) is 5.54. The number of para-hydroxylation sites is 2. The second kappa shape index (κ2) is 4.99. The van der Waals surface area contributed by atoms with E-state index in [4.69, 9.17) is 4.74 Å². The van der Waals surface area contributed by atoms with Crippen molar-refractivity contribution in [3.05, 3.63) is 24.3 Å². The van der Waals surface area contributed by atoms with Crippen LogP contribution in [0.1, 0.15) is 6.92 Å². The summed E-state index contributed by atoms with van der Waals surface area (Å²) in [5, 5.41) is 3.10. The highest BCUT2D eigenvalue weighted by atomic mass is 16.5. The zero-order chi connectivity index (χ0) is 11.4. The third-order valence-corrected chi connectivity index (χ3v) is 2.59. The lowest BCUT2D eigenvalue weighted by atomic mass is 10.2. The molecule has 16 heavy (non-hydrogen) atoms. The van der Waals surface area contributed by atoms with Gasteiger partial charge in [0, 0.05) is 13.2 Å². The quantitative estimate of drug-likeness (QED) is 0.781. The molecule has 0 fully saturated rings. The predicted molar refractivity (Wildman–Crippen MR) is 63.8 cm³/mol. The topological polar surface area (TPSA) is 41.6 Å². The molecule has 86 valence electrons. The second-order valence-electron chi connectivity index (χ2n) is 3.61. The van der Waals surface area contributed by atoms with Gasteiger partial charge in [0.15, 0.2) is 0 Å². The number of carbonyl (C=O) groups excluding carboxylic acids is 1. The Kier molecular flexibility index (Phi) is 3.41. The van der Waals surface area contributed by atoms with E-state index in [1.807, 2.05) is 31.2 Å². The van der Waals surface area contributed by atoms with Gasteiger partial charge in [0.25, 0.3) is 0 Å². The van der Waals surface area contributed by atoms with Crippen molar-refractivity contribution in [3.8, 4) is 0 Å². The van der Waals surface area contributed by atoms with E-state index in [2.05, 4.69) is 5.32 Å². The van der Waals surface area contributed by atoms with Crippen LogP contribution in [0.3, 0.4) is 0 Å². The summed E-state index contributed by atoms with van der Waals surface area (Å²) in [5.41, 5.74) is 1.96. The molecule has 1 amide bonds. The Bertz CT molecular complexity index is 379. The molecule has 1 aromatic rings. The first-order valence-electron chi connectivity index (χ1n) is 5.54. The van der Waals surface area contributed by atoms with Crippen molar-refractivity contribution < 1.29 is 9.53 Å². The minimum absolute atomic E-state index is 0.0957. The van der Waals surface area contributed by atoms with E-state index in [-0.39, 0.29) is 5.91 Å². The van der Waals surface area contributed by atoms with Crippen molar-refractivity contribution >= 4 is 17.3 Å². The molecule has 0 spiro atoms. The van der Waals surface area contributed by atoms with Gasteiger partial charge >= 0.3 is 0 Å². The molecular formula is C12H16N2O2. The maximum absolute atomic E-state index is 11.8. The first kappa shape index (κ1) is 11.0. The summed E-state index contributed by atoms with van der Waals surface area (Å²) in [4.78, 5) is 13.5. The number of fused-ring (bicyclic) bond motifs is 1. The SMILES string of the molecule is CCOCCN1C(=O)CNc2ccccc21. The largest absolute Gasteiger partial charge is 0.380 e. The summed E-state index contributed by atoms with van der Waals surface area (Å²) in [5.74, 6) is 0.0957. The van der Waals surface area contributed by atoms with Crippen LogP contribution in [0.15, 0.2) is 24.3 Å². The molecule has 1 aliphatic heterocycles. The Morgan fingerprint density at radius 1 is 1.44 bits per heavy atom. The Morgan fingerprint density at radius 3 is 3.06 bits per heavy atom. The molecule has 1 aliphatic rings. The van der Waals surface area contributed by atoms with Gasteiger partial charge in [0.05, 0.1) is 24.5 Å². The molecule has 0 aromatic heterocycles. The summed E-state index contributed by atoms with van der Waals surface area (Å²) in [6.07, 6.45) is 0. The van der Waals surface area contributed by atoms with Crippen molar-refractivity contribution in [3.63, 3.8) is 0 Å². The Balaban J connectivity index is 2.13. The highest BCUT2D eigenvalue weighted by molar-refractivity contribution is 6.02. The number of rotatable bonds is 4. The van der Waals surface area contributed by atoms with Crippen molar-refractivity contribution in [2.75, 3.05) is 36.5 Å². The molecule has 0 unspecified atom stereocenters. The highest BCUT2D eigenvalue weighted by Gasteiger charge is 2.22. The number of nitrogens with one attached hydrogen (secondary N) is 1. The first-order chi connectivity index (χ1) is 7.83. The molecule has 0 radical (unpaired) electrons. The van der Waals surface area contributed by atoms with Crippen LogP contribution in [0.4, 0.5) is 11.4 Å². The molecule has 0 aliphatic carbocycles. The molecule has 1 heterocycles. The van der Waals surface area contributed by atoms with Crippen molar-refractivity contribution in [1.29, 1.82) is 0 Å². The van der Waals surface area contributed by atoms with Crippen LogP contribution >= 0.6 is 0 Å². The van der Waals surface area contributed by atoms with Gasteiger partial charge in [-0.2, -0.15) is 0 Å². The lowest BCUT2D eigenvalue weighted by Gasteiger charge is -2.29. The van der Waals surface area contributed by atoms with Crippen LogP contribution in [0.5, 0.6) is 0 Å². The average Bonchev–Trinajstić information content (AvgIpc) is 2.32. The third-order valence-electron chi connectivity index (χ3n) is 2.59. The van der Waals surface area contributed by atoms with Gasteiger partial charge < -0.3 is 15.0 Å². The number of ether oxygens (including phenoxy) is 1. The molecular weight excluding hydrogens is 204 g/mol. The van der Waals surface area contributed by atoms with E-state index in [1.165, 1.54) is 0 Å². The van der Waals surface area contributed by atoms with Gasteiger partial charge in [-0.25, -0.2) is 0 Å². The lowest BCUT2D eigenvalue weighted by molar-refractivity contribution is -0.117. The van der Waals surface area contributed by atoms with Gasteiger partial charge in [0.1, 0.15) is 0 Å². The average molecular weight is 220 g/mol. The fraction of sp³-hybridized carbons (Fsp3) is 0.417. The van der Waals surface area contributed by atoms with Gasteiger partial charge in [-0.15, -0.1) is 0 Å². The maximum atomic E-state index is 11.8. The van der Waals surface area contributed by atoms with Gasteiger partial charge in [0.2, 0.25) is 5.91 Å².